The minimum Gasteiger partial charge on any atom is -0.352 e. The first-order valence-electron chi connectivity index (χ1n) is 5.81. The van der Waals surface area contributed by atoms with Crippen LogP contribution in [0.15, 0.2) is 23.9 Å². The van der Waals surface area contributed by atoms with Crippen LogP contribution in [0.1, 0.15) is 11.4 Å². The van der Waals surface area contributed by atoms with E-state index in [1.807, 2.05) is 19.9 Å². The van der Waals surface area contributed by atoms with Crippen LogP contribution in [0.3, 0.4) is 0 Å². The molecule has 0 saturated heterocycles. The van der Waals surface area contributed by atoms with Gasteiger partial charge < -0.3 is 5.32 Å². The highest BCUT2D eigenvalue weighted by molar-refractivity contribution is 7.99. The molecule has 0 spiro atoms. The Balaban J connectivity index is 2.07. The number of amides is 1. The zero-order chi connectivity index (χ0) is 13.8. The standard InChI is InChI=1S/C12H15N5OS/c1-4-5-13-10(18)7-19-12-15-11-14-8(2)6-9(3)17(11)16-12/h4,6H,1,5,7H2,2-3H3,(H,13,18). The number of hydrogen-bond acceptors (Lipinski definition) is 5. The number of thioether (sulfide) groups is 1. The summed E-state index contributed by atoms with van der Waals surface area (Å²) in [5.41, 5.74) is 1.87. The van der Waals surface area contributed by atoms with E-state index in [1.165, 1.54) is 11.8 Å². The van der Waals surface area contributed by atoms with E-state index in [2.05, 4.69) is 27.0 Å². The summed E-state index contributed by atoms with van der Waals surface area (Å²) in [6.07, 6.45) is 1.64. The van der Waals surface area contributed by atoms with Crippen molar-refractivity contribution in [2.45, 2.75) is 19.0 Å². The van der Waals surface area contributed by atoms with Gasteiger partial charge in [-0.05, 0) is 19.9 Å². The summed E-state index contributed by atoms with van der Waals surface area (Å²) in [5, 5.41) is 7.56. The van der Waals surface area contributed by atoms with Crippen LogP contribution in [-0.2, 0) is 4.79 Å². The highest BCUT2D eigenvalue weighted by atomic mass is 32.2. The number of nitrogens with one attached hydrogen (secondary N) is 1. The lowest BCUT2D eigenvalue weighted by atomic mass is 10.4. The Bertz CT molecular complexity index is 622. The number of fused-ring (bicyclic) bond motifs is 1. The van der Waals surface area contributed by atoms with Crippen LogP contribution in [0.2, 0.25) is 0 Å². The Morgan fingerprint density at radius 3 is 3.05 bits per heavy atom. The minimum absolute atomic E-state index is 0.0652. The zero-order valence-electron chi connectivity index (χ0n) is 10.9. The summed E-state index contributed by atoms with van der Waals surface area (Å²) in [6, 6.07) is 1.94. The van der Waals surface area contributed by atoms with Gasteiger partial charge in [0.25, 0.3) is 5.78 Å². The van der Waals surface area contributed by atoms with E-state index in [0.29, 0.717) is 17.5 Å². The maximum Gasteiger partial charge on any atom is 0.253 e. The van der Waals surface area contributed by atoms with Crippen molar-refractivity contribution in [3.05, 3.63) is 30.1 Å². The van der Waals surface area contributed by atoms with Gasteiger partial charge in [-0.1, -0.05) is 17.8 Å². The third kappa shape index (κ3) is 3.31. The molecule has 100 valence electrons. The fraction of sp³-hybridized carbons (Fsp3) is 0.333. The molecule has 7 heteroatoms. The van der Waals surface area contributed by atoms with Gasteiger partial charge >= 0.3 is 0 Å². The van der Waals surface area contributed by atoms with Crippen LogP contribution < -0.4 is 5.32 Å². The predicted octanol–water partition coefficient (Wildman–Crippen LogP) is 1.14. The molecule has 0 bridgehead atoms. The average molecular weight is 277 g/mol. The van der Waals surface area contributed by atoms with Crippen LogP contribution in [0, 0.1) is 13.8 Å². The fourth-order valence-electron chi connectivity index (χ4n) is 1.58. The number of carbonyl (C=O) groups is 1. The summed E-state index contributed by atoms with van der Waals surface area (Å²) >= 11 is 1.29. The molecule has 6 nitrogen and oxygen atoms in total. The first-order valence-corrected chi connectivity index (χ1v) is 6.80. The summed E-state index contributed by atoms with van der Waals surface area (Å²) in [4.78, 5) is 20.0. The number of aryl methyl sites for hydroxylation is 2. The Morgan fingerprint density at radius 2 is 2.32 bits per heavy atom. The van der Waals surface area contributed by atoms with Crippen molar-refractivity contribution >= 4 is 23.4 Å². The number of rotatable bonds is 5. The van der Waals surface area contributed by atoms with Crippen LogP contribution in [0.4, 0.5) is 0 Å². The maximum absolute atomic E-state index is 11.5. The highest BCUT2D eigenvalue weighted by Crippen LogP contribution is 2.14. The van der Waals surface area contributed by atoms with Gasteiger partial charge in [0.1, 0.15) is 0 Å². The molecule has 2 rings (SSSR count). The molecule has 1 N–H and O–H groups in total. The Labute approximate surface area is 115 Å². The molecule has 0 aliphatic carbocycles. The molecule has 0 aromatic carbocycles. The summed E-state index contributed by atoms with van der Waals surface area (Å²) in [6.45, 7) is 7.87. The summed E-state index contributed by atoms with van der Waals surface area (Å²) in [7, 11) is 0. The number of nitrogens with zero attached hydrogens (tertiary/aromatic N) is 4. The van der Waals surface area contributed by atoms with Gasteiger partial charge in [-0.25, -0.2) is 9.50 Å². The molecule has 0 radical (unpaired) electrons. The monoisotopic (exact) mass is 277 g/mol. The Morgan fingerprint density at radius 1 is 1.53 bits per heavy atom. The SMILES string of the molecule is C=CCNC(=O)CSc1nc2nc(C)cc(C)n2n1. The van der Waals surface area contributed by atoms with Crippen molar-refractivity contribution in [2.75, 3.05) is 12.3 Å². The lowest BCUT2D eigenvalue weighted by molar-refractivity contribution is -0.118. The second-order valence-corrected chi connectivity index (χ2v) is 4.97. The second-order valence-electron chi connectivity index (χ2n) is 4.03. The predicted molar refractivity (Wildman–Crippen MR) is 74.2 cm³/mol. The van der Waals surface area contributed by atoms with Gasteiger partial charge in [-0.15, -0.1) is 11.7 Å². The van der Waals surface area contributed by atoms with E-state index in [0.717, 1.165) is 11.4 Å². The molecular weight excluding hydrogens is 262 g/mol. The fourth-order valence-corrected chi connectivity index (χ4v) is 2.22. The van der Waals surface area contributed by atoms with Gasteiger partial charge in [-0.2, -0.15) is 4.98 Å². The molecule has 2 aromatic heterocycles. The molecule has 1 amide bonds. The smallest absolute Gasteiger partial charge is 0.253 e. The molecule has 0 unspecified atom stereocenters. The van der Waals surface area contributed by atoms with Crippen molar-refractivity contribution in [2.24, 2.45) is 0 Å². The number of carbonyl (C=O) groups excluding carboxylic acids is 1. The molecular formula is C12H15N5OS. The molecule has 2 aromatic rings. The lowest BCUT2D eigenvalue weighted by Crippen LogP contribution is -2.24. The highest BCUT2D eigenvalue weighted by Gasteiger charge is 2.09. The Hall–Kier alpha value is -1.89. The van der Waals surface area contributed by atoms with Crippen molar-refractivity contribution in [1.29, 1.82) is 0 Å². The molecule has 0 aliphatic heterocycles. The normalized spacial score (nSPS) is 10.6. The first kappa shape index (κ1) is 13.5. The first-order chi connectivity index (χ1) is 9.10. The van der Waals surface area contributed by atoms with Gasteiger partial charge in [0.15, 0.2) is 0 Å². The number of aromatic nitrogens is 4. The molecule has 0 saturated carbocycles. The molecule has 0 atom stereocenters. The molecule has 0 fully saturated rings. The molecule has 19 heavy (non-hydrogen) atoms. The van der Waals surface area contributed by atoms with Gasteiger partial charge in [0.2, 0.25) is 11.1 Å². The van der Waals surface area contributed by atoms with E-state index >= 15 is 0 Å². The maximum atomic E-state index is 11.5. The number of hydrogen-bond donors (Lipinski definition) is 1. The van der Waals surface area contributed by atoms with Crippen LogP contribution in [0.5, 0.6) is 0 Å². The van der Waals surface area contributed by atoms with E-state index in [1.54, 1.807) is 10.6 Å². The minimum atomic E-state index is -0.0652. The largest absolute Gasteiger partial charge is 0.352 e. The van der Waals surface area contributed by atoms with Crippen LogP contribution >= 0.6 is 11.8 Å². The van der Waals surface area contributed by atoms with Crippen molar-refractivity contribution in [3.63, 3.8) is 0 Å². The third-order valence-corrected chi connectivity index (χ3v) is 3.21. The van der Waals surface area contributed by atoms with Gasteiger partial charge in [0, 0.05) is 17.9 Å². The summed E-state index contributed by atoms with van der Waals surface area (Å²) < 4.78 is 1.68. The topological polar surface area (TPSA) is 72.2 Å². The molecule has 2 heterocycles. The van der Waals surface area contributed by atoms with E-state index in [4.69, 9.17) is 0 Å². The average Bonchev–Trinajstić information content (AvgIpc) is 2.77. The van der Waals surface area contributed by atoms with Crippen LogP contribution in [-0.4, -0.2) is 37.8 Å². The van der Waals surface area contributed by atoms with Gasteiger partial charge in [0.05, 0.1) is 5.75 Å². The van der Waals surface area contributed by atoms with E-state index in [9.17, 15) is 4.79 Å². The van der Waals surface area contributed by atoms with E-state index < -0.39 is 0 Å². The Kier molecular flexibility index (Phi) is 4.16. The summed E-state index contributed by atoms with van der Waals surface area (Å²) in [5.74, 6) is 0.777. The van der Waals surface area contributed by atoms with Crippen molar-refractivity contribution in [3.8, 4) is 0 Å². The molecule has 0 aliphatic rings. The van der Waals surface area contributed by atoms with Crippen molar-refractivity contribution < 1.29 is 4.79 Å². The van der Waals surface area contributed by atoms with Gasteiger partial charge in [-0.3, -0.25) is 4.79 Å². The lowest BCUT2D eigenvalue weighted by Gasteiger charge is -1.99. The zero-order valence-corrected chi connectivity index (χ0v) is 11.7. The van der Waals surface area contributed by atoms with E-state index in [-0.39, 0.29) is 11.7 Å². The van der Waals surface area contributed by atoms with Crippen LogP contribution in [0.25, 0.3) is 5.78 Å². The second kappa shape index (κ2) is 5.83. The van der Waals surface area contributed by atoms with Crippen molar-refractivity contribution in [1.82, 2.24) is 24.9 Å². The third-order valence-electron chi connectivity index (χ3n) is 2.37. The quantitative estimate of drug-likeness (QED) is 0.655.